The number of nitrogen functional groups attached to an aromatic ring is 1. The van der Waals surface area contributed by atoms with E-state index in [-0.39, 0.29) is 24.5 Å². The lowest BCUT2D eigenvalue weighted by atomic mass is 10.00. The van der Waals surface area contributed by atoms with Gasteiger partial charge in [-0.1, -0.05) is 0 Å². The van der Waals surface area contributed by atoms with Gasteiger partial charge in [0.25, 0.3) is 0 Å². The molecule has 1 aromatic carbocycles. The second-order valence-electron chi connectivity index (χ2n) is 4.39. The molecule has 0 saturated heterocycles. The molecule has 5 nitrogen and oxygen atoms in total. The van der Waals surface area contributed by atoms with Crippen LogP contribution in [0, 0.1) is 0 Å². The summed E-state index contributed by atoms with van der Waals surface area (Å²) >= 11 is 0. The van der Waals surface area contributed by atoms with Crippen LogP contribution >= 0.6 is 0 Å². The number of hydrogen-bond donors (Lipinski definition) is 1. The molecule has 0 aromatic heterocycles. The van der Waals surface area contributed by atoms with Crippen molar-refractivity contribution in [1.29, 1.82) is 0 Å². The van der Waals surface area contributed by atoms with E-state index < -0.39 is 5.91 Å². The molecular formula is C13H14N2O3. The molecule has 0 radical (unpaired) electrons. The number of Topliss-reactive ketones (excluding diaryl/α,β-unsaturated/α-hetero) is 1. The predicted molar refractivity (Wildman–Crippen MR) is 67.0 cm³/mol. The molecule has 1 aliphatic rings. The van der Waals surface area contributed by atoms with Gasteiger partial charge in [-0.15, -0.1) is 0 Å². The predicted octanol–water partition coefficient (Wildman–Crippen LogP) is 1.05. The molecule has 0 atom stereocenters. The van der Waals surface area contributed by atoms with Crippen LogP contribution in [-0.2, 0) is 20.8 Å². The van der Waals surface area contributed by atoms with E-state index in [1.807, 2.05) is 0 Å². The first kappa shape index (κ1) is 12.3. The van der Waals surface area contributed by atoms with Gasteiger partial charge in [0.1, 0.15) is 5.78 Å². The number of aryl methyl sites for hydroxylation is 1. The minimum Gasteiger partial charge on any atom is -0.399 e. The summed E-state index contributed by atoms with van der Waals surface area (Å²) in [6.45, 7) is 1.33. The number of carbonyl (C=O) groups is 3. The zero-order chi connectivity index (χ0) is 13.3. The van der Waals surface area contributed by atoms with Gasteiger partial charge in [0.05, 0.1) is 12.1 Å². The van der Waals surface area contributed by atoms with Gasteiger partial charge in [0.15, 0.2) is 0 Å². The molecule has 0 unspecified atom stereocenters. The van der Waals surface area contributed by atoms with E-state index in [1.54, 1.807) is 18.2 Å². The molecule has 5 heteroatoms. The van der Waals surface area contributed by atoms with Crippen LogP contribution in [0.15, 0.2) is 18.2 Å². The summed E-state index contributed by atoms with van der Waals surface area (Å²) < 4.78 is 0. The molecule has 0 spiro atoms. The Kier molecular flexibility index (Phi) is 3.14. The third-order valence-corrected chi connectivity index (χ3v) is 2.85. The topological polar surface area (TPSA) is 80.5 Å². The van der Waals surface area contributed by atoms with Crippen LogP contribution < -0.4 is 10.6 Å². The first-order valence-electron chi connectivity index (χ1n) is 5.72. The fourth-order valence-electron chi connectivity index (χ4n) is 2.08. The zero-order valence-electron chi connectivity index (χ0n) is 10.1. The van der Waals surface area contributed by atoms with Crippen LogP contribution in [0.5, 0.6) is 0 Å². The number of amides is 2. The fourth-order valence-corrected chi connectivity index (χ4v) is 2.08. The average Bonchev–Trinajstić information content (AvgIpc) is 2.28. The summed E-state index contributed by atoms with van der Waals surface area (Å²) in [5, 5.41) is 0. The summed E-state index contributed by atoms with van der Waals surface area (Å²) in [7, 11) is 0. The van der Waals surface area contributed by atoms with E-state index in [0.717, 1.165) is 10.5 Å². The first-order valence-corrected chi connectivity index (χ1v) is 5.72. The highest BCUT2D eigenvalue weighted by Crippen LogP contribution is 2.30. The first-order chi connectivity index (χ1) is 8.49. The van der Waals surface area contributed by atoms with Crippen molar-refractivity contribution in [1.82, 2.24) is 0 Å². The number of nitrogens with two attached hydrogens (primary N) is 1. The van der Waals surface area contributed by atoms with E-state index >= 15 is 0 Å². The minimum absolute atomic E-state index is 0.254. The number of anilines is 2. The number of imide groups is 1. The summed E-state index contributed by atoms with van der Waals surface area (Å²) in [5.41, 5.74) is 7.69. The maximum atomic E-state index is 11.9. The highest BCUT2D eigenvalue weighted by molar-refractivity contribution is 6.20. The van der Waals surface area contributed by atoms with Crippen molar-refractivity contribution in [2.24, 2.45) is 0 Å². The quantitative estimate of drug-likeness (QED) is 0.624. The van der Waals surface area contributed by atoms with Gasteiger partial charge in [-0.05, 0) is 37.1 Å². The standard InChI is InChI=1S/C13H14N2O3/c1-8(16)6-13(18)15-11-4-3-10(14)7-9(11)2-5-12(15)17/h3-4,7H,2,5-6,14H2,1H3. The lowest BCUT2D eigenvalue weighted by molar-refractivity contribution is -0.129. The Bertz CT molecular complexity index is 537. The molecule has 0 saturated carbocycles. The molecule has 0 fully saturated rings. The van der Waals surface area contributed by atoms with Gasteiger partial charge in [-0.2, -0.15) is 0 Å². The number of ketones is 1. The number of nitrogens with zero attached hydrogens (tertiary/aromatic N) is 1. The second kappa shape index (κ2) is 4.60. The Balaban J connectivity index is 2.39. The van der Waals surface area contributed by atoms with Crippen LogP contribution in [0.1, 0.15) is 25.3 Å². The van der Waals surface area contributed by atoms with Gasteiger partial charge < -0.3 is 5.73 Å². The molecule has 1 aliphatic heterocycles. The van der Waals surface area contributed by atoms with Crippen molar-refractivity contribution in [3.63, 3.8) is 0 Å². The van der Waals surface area contributed by atoms with Gasteiger partial charge in [0, 0.05) is 12.1 Å². The monoisotopic (exact) mass is 246 g/mol. The van der Waals surface area contributed by atoms with Crippen molar-refractivity contribution in [3.8, 4) is 0 Å². The SMILES string of the molecule is CC(=O)CC(=O)N1C(=O)CCc2cc(N)ccc21. The van der Waals surface area contributed by atoms with Gasteiger partial charge >= 0.3 is 0 Å². The normalized spacial score (nSPS) is 14.3. The van der Waals surface area contributed by atoms with Crippen LogP contribution in [0.3, 0.4) is 0 Å². The largest absolute Gasteiger partial charge is 0.399 e. The number of carbonyl (C=O) groups excluding carboxylic acids is 3. The molecule has 2 N–H and O–H groups in total. The molecular weight excluding hydrogens is 232 g/mol. The Morgan fingerprint density at radius 3 is 2.72 bits per heavy atom. The minimum atomic E-state index is -0.474. The maximum Gasteiger partial charge on any atom is 0.241 e. The molecule has 2 rings (SSSR count). The third kappa shape index (κ3) is 2.25. The van der Waals surface area contributed by atoms with E-state index in [1.165, 1.54) is 6.92 Å². The Morgan fingerprint density at radius 1 is 1.33 bits per heavy atom. The Labute approximate surface area is 105 Å². The summed E-state index contributed by atoms with van der Waals surface area (Å²) in [5.74, 6) is -0.993. The van der Waals surface area contributed by atoms with E-state index in [4.69, 9.17) is 5.73 Å². The highest BCUT2D eigenvalue weighted by Gasteiger charge is 2.29. The number of fused-ring (bicyclic) bond motifs is 1. The van der Waals surface area contributed by atoms with E-state index in [9.17, 15) is 14.4 Å². The van der Waals surface area contributed by atoms with Crippen LogP contribution in [-0.4, -0.2) is 17.6 Å². The molecule has 1 aromatic rings. The fraction of sp³-hybridized carbons (Fsp3) is 0.308. The Hall–Kier alpha value is -2.17. The van der Waals surface area contributed by atoms with Gasteiger partial charge in [-0.25, -0.2) is 4.90 Å². The summed E-state index contributed by atoms with van der Waals surface area (Å²) in [6, 6.07) is 5.06. The number of hydrogen-bond acceptors (Lipinski definition) is 4. The van der Waals surface area contributed by atoms with Crippen molar-refractivity contribution in [2.45, 2.75) is 26.2 Å². The summed E-state index contributed by atoms with van der Waals surface area (Å²) in [4.78, 5) is 35.8. The van der Waals surface area contributed by atoms with Crippen molar-refractivity contribution in [3.05, 3.63) is 23.8 Å². The highest BCUT2D eigenvalue weighted by atomic mass is 16.2. The van der Waals surface area contributed by atoms with E-state index in [0.29, 0.717) is 17.8 Å². The molecule has 0 aliphatic carbocycles. The maximum absolute atomic E-state index is 11.9. The van der Waals surface area contributed by atoms with Crippen molar-refractivity contribution in [2.75, 3.05) is 10.6 Å². The lowest BCUT2D eigenvalue weighted by Gasteiger charge is -2.27. The number of benzene rings is 1. The number of rotatable bonds is 2. The van der Waals surface area contributed by atoms with E-state index in [2.05, 4.69) is 0 Å². The molecule has 0 bridgehead atoms. The molecule has 2 amide bonds. The second-order valence-corrected chi connectivity index (χ2v) is 4.39. The molecule has 1 heterocycles. The van der Waals surface area contributed by atoms with Gasteiger partial charge in [0.2, 0.25) is 11.8 Å². The van der Waals surface area contributed by atoms with Crippen LogP contribution in [0.2, 0.25) is 0 Å². The summed E-state index contributed by atoms with van der Waals surface area (Å²) in [6.07, 6.45) is 0.582. The molecule has 18 heavy (non-hydrogen) atoms. The molecule has 94 valence electrons. The average molecular weight is 246 g/mol. The van der Waals surface area contributed by atoms with Gasteiger partial charge in [-0.3, -0.25) is 14.4 Å². The van der Waals surface area contributed by atoms with Crippen LogP contribution in [0.25, 0.3) is 0 Å². The third-order valence-electron chi connectivity index (χ3n) is 2.85. The zero-order valence-corrected chi connectivity index (χ0v) is 10.1. The smallest absolute Gasteiger partial charge is 0.241 e. The Morgan fingerprint density at radius 2 is 2.06 bits per heavy atom. The van der Waals surface area contributed by atoms with Crippen LogP contribution in [0.4, 0.5) is 11.4 Å². The van der Waals surface area contributed by atoms with Crippen molar-refractivity contribution >= 4 is 29.0 Å². The lowest BCUT2D eigenvalue weighted by Crippen LogP contribution is -2.40. The van der Waals surface area contributed by atoms with Crippen molar-refractivity contribution < 1.29 is 14.4 Å².